The molecule has 1 aliphatic carbocycles. The minimum atomic E-state index is -1.50. The SMILES string of the molecule is CCOC(=O)C1(C(=O)OCC)CCC(=O)c2ccc(OC)cc2C1. The maximum Gasteiger partial charge on any atom is 0.323 e. The molecule has 0 amide bonds. The molecule has 1 aliphatic rings. The molecule has 0 aliphatic heterocycles. The monoisotopic (exact) mass is 334 g/mol. The Kier molecular flexibility index (Phi) is 5.59. The lowest BCUT2D eigenvalue weighted by molar-refractivity contribution is -0.172. The summed E-state index contributed by atoms with van der Waals surface area (Å²) in [5, 5.41) is 0. The Hall–Kier alpha value is -2.37. The highest BCUT2D eigenvalue weighted by Crippen LogP contribution is 2.38. The Morgan fingerprint density at radius 2 is 1.75 bits per heavy atom. The molecule has 0 radical (unpaired) electrons. The van der Waals surface area contributed by atoms with Crippen LogP contribution in [0.5, 0.6) is 5.75 Å². The number of ketones is 1. The molecule has 6 heteroatoms. The van der Waals surface area contributed by atoms with E-state index in [4.69, 9.17) is 14.2 Å². The highest BCUT2D eigenvalue weighted by molar-refractivity contribution is 6.04. The lowest BCUT2D eigenvalue weighted by atomic mass is 9.79. The molecule has 0 aromatic heterocycles. The minimum Gasteiger partial charge on any atom is -0.497 e. The number of fused-ring (bicyclic) bond motifs is 1. The third-order valence-corrected chi connectivity index (χ3v) is 4.22. The number of hydrogen-bond acceptors (Lipinski definition) is 6. The average molecular weight is 334 g/mol. The summed E-state index contributed by atoms with van der Waals surface area (Å²) in [7, 11) is 1.52. The molecule has 2 rings (SSSR count). The van der Waals surface area contributed by atoms with E-state index in [9.17, 15) is 14.4 Å². The van der Waals surface area contributed by atoms with Crippen LogP contribution in [0.25, 0.3) is 0 Å². The highest BCUT2D eigenvalue weighted by Gasteiger charge is 2.50. The van der Waals surface area contributed by atoms with Crippen molar-refractivity contribution in [3.05, 3.63) is 29.3 Å². The molecule has 0 spiro atoms. The molecule has 0 heterocycles. The smallest absolute Gasteiger partial charge is 0.323 e. The molecule has 0 bridgehead atoms. The maximum absolute atomic E-state index is 12.6. The quantitative estimate of drug-likeness (QED) is 0.467. The van der Waals surface area contributed by atoms with Crippen LogP contribution in [0, 0.1) is 5.41 Å². The summed E-state index contributed by atoms with van der Waals surface area (Å²) in [5.41, 5.74) is -0.400. The molecule has 24 heavy (non-hydrogen) atoms. The van der Waals surface area contributed by atoms with E-state index in [-0.39, 0.29) is 38.3 Å². The summed E-state index contributed by atoms with van der Waals surface area (Å²) >= 11 is 0. The predicted molar refractivity (Wildman–Crippen MR) is 86.0 cm³/mol. The molecule has 0 saturated heterocycles. The molecule has 0 fully saturated rings. The van der Waals surface area contributed by atoms with Gasteiger partial charge in [0.15, 0.2) is 11.2 Å². The largest absolute Gasteiger partial charge is 0.497 e. The first kappa shape index (κ1) is 18.0. The summed E-state index contributed by atoms with van der Waals surface area (Å²) in [6, 6.07) is 5.05. The number of carbonyl (C=O) groups excluding carboxylic acids is 3. The Morgan fingerprint density at radius 3 is 2.29 bits per heavy atom. The van der Waals surface area contributed by atoms with Gasteiger partial charge in [-0.15, -0.1) is 0 Å². The number of benzene rings is 1. The lowest BCUT2D eigenvalue weighted by Crippen LogP contribution is -2.43. The summed E-state index contributed by atoms with van der Waals surface area (Å²) in [4.78, 5) is 37.6. The molecular formula is C18H22O6. The number of methoxy groups -OCH3 is 1. The zero-order chi connectivity index (χ0) is 17.7. The van der Waals surface area contributed by atoms with E-state index in [1.165, 1.54) is 7.11 Å². The minimum absolute atomic E-state index is 0.0585. The first-order chi connectivity index (χ1) is 11.5. The second-order valence-corrected chi connectivity index (χ2v) is 5.65. The second kappa shape index (κ2) is 7.47. The normalized spacial score (nSPS) is 15.9. The first-order valence-electron chi connectivity index (χ1n) is 8.03. The Morgan fingerprint density at radius 1 is 1.12 bits per heavy atom. The zero-order valence-electron chi connectivity index (χ0n) is 14.2. The van der Waals surface area contributed by atoms with E-state index >= 15 is 0 Å². The van der Waals surface area contributed by atoms with Gasteiger partial charge in [0.1, 0.15) is 5.75 Å². The van der Waals surface area contributed by atoms with Crippen molar-refractivity contribution in [3.63, 3.8) is 0 Å². The van der Waals surface area contributed by atoms with E-state index in [0.717, 1.165) is 0 Å². The van der Waals surface area contributed by atoms with Crippen LogP contribution >= 0.6 is 0 Å². The van der Waals surface area contributed by atoms with Gasteiger partial charge in [-0.2, -0.15) is 0 Å². The van der Waals surface area contributed by atoms with Crippen LogP contribution in [0.15, 0.2) is 18.2 Å². The summed E-state index contributed by atoms with van der Waals surface area (Å²) in [5.74, 6) is -0.841. The lowest BCUT2D eigenvalue weighted by Gasteiger charge is -2.27. The van der Waals surface area contributed by atoms with Gasteiger partial charge < -0.3 is 14.2 Å². The fourth-order valence-corrected chi connectivity index (χ4v) is 2.96. The van der Waals surface area contributed by atoms with Gasteiger partial charge in [-0.25, -0.2) is 0 Å². The van der Waals surface area contributed by atoms with Gasteiger partial charge in [0.2, 0.25) is 0 Å². The van der Waals surface area contributed by atoms with Gasteiger partial charge in [0, 0.05) is 18.4 Å². The Bertz CT molecular complexity index is 631. The molecule has 1 aromatic rings. The van der Waals surface area contributed by atoms with Crippen molar-refractivity contribution in [1.82, 2.24) is 0 Å². The molecular weight excluding hydrogens is 312 g/mol. The number of esters is 2. The van der Waals surface area contributed by atoms with Gasteiger partial charge >= 0.3 is 11.9 Å². The summed E-state index contributed by atoms with van der Waals surface area (Å²) in [6.07, 6.45) is 0.209. The van der Waals surface area contributed by atoms with Crippen molar-refractivity contribution in [2.75, 3.05) is 20.3 Å². The van der Waals surface area contributed by atoms with Crippen molar-refractivity contribution in [3.8, 4) is 5.75 Å². The van der Waals surface area contributed by atoms with Crippen LogP contribution in [0.4, 0.5) is 0 Å². The topological polar surface area (TPSA) is 78.9 Å². The van der Waals surface area contributed by atoms with Crippen LogP contribution in [-0.2, 0) is 25.5 Å². The zero-order valence-corrected chi connectivity index (χ0v) is 14.2. The average Bonchev–Trinajstić information content (AvgIpc) is 2.72. The van der Waals surface area contributed by atoms with Gasteiger partial charge in [0.05, 0.1) is 20.3 Å². The molecule has 0 saturated carbocycles. The number of hydrogen-bond donors (Lipinski definition) is 0. The third kappa shape index (κ3) is 3.27. The predicted octanol–water partition coefficient (Wildman–Crippen LogP) is 2.33. The summed E-state index contributed by atoms with van der Waals surface area (Å²) < 4.78 is 15.5. The van der Waals surface area contributed by atoms with Crippen LogP contribution in [-0.4, -0.2) is 38.0 Å². The van der Waals surface area contributed by atoms with Crippen molar-refractivity contribution >= 4 is 17.7 Å². The Balaban J connectivity index is 2.53. The third-order valence-electron chi connectivity index (χ3n) is 4.22. The van der Waals surface area contributed by atoms with Crippen LogP contribution < -0.4 is 4.74 Å². The second-order valence-electron chi connectivity index (χ2n) is 5.65. The molecule has 6 nitrogen and oxygen atoms in total. The standard InChI is InChI=1S/C18H22O6/c1-4-23-16(20)18(17(21)24-5-2)9-8-15(19)14-7-6-13(22-3)10-12(14)11-18/h6-7,10H,4-5,8-9,11H2,1-3H3. The van der Waals surface area contributed by atoms with Gasteiger partial charge in [-0.3, -0.25) is 14.4 Å². The first-order valence-corrected chi connectivity index (χ1v) is 8.03. The summed E-state index contributed by atoms with van der Waals surface area (Å²) in [6.45, 7) is 3.66. The molecule has 1 aromatic carbocycles. The van der Waals surface area contributed by atoms with Crippen molar-refractivity contribution < 1.29 is 28.6 Å². The van der Waals surface area contributed by atoms with Gasteiger partial charge in [-0.05, 0) is 44.0 Å². The molecule has 0 atom stereocenters. The van der Waals surface area contributed by atoms with Crippen molar-refractivity contribution in [2.24, 2.45) is 5.41 Å². The van der Waals surface area contributed by atoms with E-state index in [0.29, 0.717) is 16.9 Å². The molecule has 0 N–H and O–H groups in total. The van der Waals surface area contributed by atoms with Crippen molar-refractivity contribution in [2.45, 2.75) is 33.1 Å². The number of Topliss-reactive ketones (excluding diaryl/α,β-unsaturated/α-hetero) is 1. The number of ether oxygens (including phenoxy) is 3. The van der Waals surface area contributed by atoms with E-state index in [1.54, 1.807) is 32.0 Å². The number of rotatable bonds is 5. The van der Waals surface area contributed by atoms with E-state index in [1.807, 2.05) is 0 Å². The molecule has 0 unspecified atom stereocenters. The number of carbonyl (C=O) groups is 3. The van der Waals surface area contributed by atoms with E-state index < -0.39 is 17.4 Å². The van der Waals surface area contributed by atoms with Gasteiger partial charge in [-0.1, -0.05) is 0 Å². The molecule has 130 valence electrons. The van der Waals surface area contributed by atoms with Gasteiger partial charge in [0.25, 0.3) is 0 Å². The van der Waals surface area contributed by atoms with Crippen molar-refractivity contribution in [1.29, 1.82) is 0 Å². The van der Waals surface area contributed by atoms with Crippen LogP contribution in [0.1, 0.15) is 42.6 Å². The van der Waals surface area contributed by atoms with Crippen LogP contribution in [0.2, 0.25) is 0 Å². The van der Waals surface area contributed by atoms with Crippen LogP contribution in [0.3, 0.4) is 0 Å². The van der Waals surface area contributed by atoms with E-state index in [2.05, 4.69) is 0 Å². The maximum atomic E-state index is 12.6. The fraction of sp³-hybridized carbons (Fsp3) is 0.500. The Labute approximate surface area is 141 Å². The fourth-order valence-electron chi connectivity index (χ4n) is 2.96. The highest BCUT2D eigenvalue weighted by atomic mass is 16.6.